The van der Waals surface area contributed by atoms with Gasteiger partial charge in [0.25, 0.3) is 5.91 Å². The molecule has 6 heteroatoms. The van der Waals surface area contributed by atoms with E-state index < -0.39 is 0 Å². The Bertz CT molecular complexity index is 1260. The number of pyridine rings is 1. The number of hydrogen-bond donors (Lipinski definition) is 0. The molecule has 2 aromatic carbocycles. The SMILES string of the molecule is Cc1ccccc1C(=O)N1CCN(Cc2c(-c3ccc(Br)cc3)nc3ccccn23)CC1. The number of amides is 1. The molecule has 0 unspecified atom stereocenters. The number of halogens is 1. The summed E-state index contributed by atoms with van der Waals surface area (Å²) in [6, 6.07) is 22.3. The molecule has 0 N–H and O–H groups in total. The molecule has 0 aliphatic carbocycles. The third-order valence-corrected chi connectivity index (χ3v) is 6.68. The van der Waals surface area contributed by atoms with Gasteiger partial charge in [0.2, 0.25) is 0 Å². The molecule has 4 aromatic rings. The number of piperazine rings is 1. The molecule has 1 saturated heterocycles. The summed E-state index contributed by atoms with van der Waals surface area (Å²) in [5.74, 6) is 0.133. The molecule has 0 bridgehead atoms. The van der Waals surface area contributed by atoms with Gasteiger partial charge in [0.05, 0.1) is 11.4 Å². The second-order valence-electron chi connectivity index (χ2n) is 8.23. The molecule has 2 aromatic heterocycles. The van der Waals surface area contributed by atoms with Crippen LogP contribution in [0.25, 0.3) is 16.9 Å². The maximum Gasteiger partial charge on any atom is 0.254 e. The number of carbonyl (C=O) groups is 1. The van der Waals surface area contributed by atoms with E-state index >= 15 is 0 Å². The van der Waals surface area contributed by atoms with Crippen molar-refractivity contribution in [3.63, 3.8) is 0 Å². The predicted octanol–water partition coefficient (Wildman–Crippen LogP) is 5.03. The highest BCUT2D eigenvalue weighted by molar-refractivity contribution is 9.10. The van der Waals surface area contributed by atoms with Gasteiger partial charge in [-0.1, -0.05) is 52.3 Å². The topological polar surface area (TPSA) is 40.9 Å². The summed E-state index contributed by atoms with van der Waals surface area (Å²) in [4.78, 5) is 22.3. The van der Waals surface area contributed by atoms with Crippen LogP contribution in [0.1, 0.15) is 21.6 Å². The van der Waals surface area contributed by atoms with Gasteiger partial charge >= 0.3 is 0 Å². The van der Waals surface area contributed by atoms with E-state index in [2.05, 4.69) is 55.7 Å². The highest BCUT2D eigenvalue weighted by Crippen LogP contribution is 2.27. The molecule has 1 fully saturated rings. The van der Waals surface area contributed by atoms with Crippen molar-refractivity contribution in [2.24, 2.45) is 0 Å². The second-order valence-corrected chi connectivity index (χ2v) is 9.14. The number of benzene rings is 2. The Kier molecular flexibility index (Phi) is 5.81. The lowest BCUT2D eigenvalue weighted by molar-refractivity contribution is 0.0626. The molecule has 0 atom stereocenters. The van der Waals surface area contributed by atoms with Crippen LogP contribution >= 0.6 is 15.9 Å². The molecule has 5 nitrogen and oxygen atoms in total. The van der Waals surface area contributed by atoms with Crippen molar-refractivity contribution in [2.45, 2.75) is 13.5 Å². The van der Waals surface area contributed by atoms with Crippen LogP contribution in [-0.4, -0.2) is 51.3 Å². The summed E-state index contributed by atoms with van der Waals surface area (Å²) in [5.41, 5.74) is 6.10. The fourth-order valence-electron chi connectivity index (χ4n) is 4.34. The zero-order chi connectivity index (χ0) is 22.1. The van der Waals surface area contributed by atoms with E-state index in [1.165, 1.54) is 5.69 Å². The van der Waals surface area contributed by atoms with Gasteiger partial charge < -0.3 is 9.30 Å². The molecular weight excluding hydrogens is 464 g/mol. The van der Waals surface area contributed by atoms with Crippen LogP contribution in [-0.2, 0) is 6.54 Å². The van der Waals surface area contributed by atoms with E-state index in [-0.39, 0.29) is 5.91 Å². The number of aromatic nitrogens is 2. The molecular formula is C26H25BrN4O. The summed E-state index contributed by atoms with van der Waals surface area (Å²) in [6.45, 7) is 5.95. The molecule has 0 radical (unpaired) electrons. The van der Waals surface area contributed by atoms with E-state index in [0.29, 0.717) is 0 Å². The largest absolute Gasteiger partial charge is 0.336 e. The van der Waals surface area contributed by atoms with Crippen molar-refractivity contribution in [3.05, 3.63) is 94.2 Å². The third kappa shape index (κ3) is 4.08. The van der Waals surface area contributed by atoms with Crippen molar-refractivity contribution in [3.8, 4) is 11.3 Å². The van der Waals surface area contributed by atoms with Crippen molar-refractivity contribution in [1.29, 1.82) is 0 Å². The van der Waals surface area contributed by atoms with Crippen molar-refractivity contribution in [1.82, 2.24) is 19.2 Å². The first kappa shape index (κ1) is 20.9. The Morgan fingerprint density at radius 2 is 1.66 bits per heavy atom. The Morgan fingerprint density at radius 1 is 0.938 bits per heavy atom. The van der Waals surface area contributed by atoms with Gasteiger partial charge in [-0.05, 0) is 42.8 Å². The lowest BCUT2D eigenvalue weighted by atomic mass is 10.1. The molecule has 162 valence electrons. The van der Waals surface area contributed by atoms with Crippen LogP contribution in [0, 0.1) is 6.92 Å². The summed E-state index contributed by atoms with van der Waals surface area (Å²) >= 11 is 3.52. The van der Waals surface area contributed by atoms with Crippen molar-refractivity contribution >= 4 is 27.5 Å². The van der Waals surface area contributed by atoms with Crippen LogP contribution in [0.15, 0.2) is 77.4 Å². The van der Waals surface area contributed by atoms with Crippen LogP contribution in [0.5, 0.6) is 0 Å². The van der Waals surface area contributed by atoms with Crippen molar-refractivity contribution < 1.29 is 4.79 Å². The number of imidazole rings is 1. The van der Waals surface area contributed by atoms with Crippen LogP contribution in [0.2, 0.25) is 0 Å². The van der Waals surface area contributed by atoms with E-state index in [0.717, 1.165) is 65.2 Å². The van der Waals surface area contributed by atoms with Crippen LogP contribution in [0.3, 0.4) is 0 Å². The van der Waals surface area contributed by atoms with Gasteiger partial charge in [0.1, 0.15) is 5.65 Å². The van der Waals surface area contributed by atoms with Gasteiger partial charge in [-0.25, -0.2) is 4.98 Å². The van der Waals surface area contributed by atoms with E-state index in [4.69, 9.17) is 4.98 Å². The Morgan fingerprint density at radius 3 is 2.41 bits per heavy atom. The minimum atomic E-state index is 0.133. The minimum Gasteiger partial charge on any atom is -0.336 e. The smallest absolute Gasteiger partial charge is 0.254 e. The standard InChI is InChI=1S/C26H25BrN4O/c1-19-6-2-3-7-22(19)26(32)30-16-14-29(15-17-30)18-23-25(20-9-11-21(27)12-10-20)28-24-8-4-5-13-31(23)24/h2-13H,14-18H2,1H3. The zero-order valence-electron chi connectivity index (χ0n) is 18.0. The predicted molar refractivity (Wildman–Crippen MR) is 131 cm³/mol. The number of hydrogen-bond acceptors (Lipinski definition) is 3. The fraction of sp³-hybridized carbons (Fsp3) is 0.231. The normalized spacial score (nSPS) is 14.8. The Balaban J connectivity index is 1.36. The molecule has 1 amide bonds. The number of carbonyl (C=O) groups excluding carboxylic acids is 1. The van der Waals surface area contributed by atoms with Gasteiger partial charge in [0.15, 0.2) is 0 Å². The lowest BCUT2D eigenvalue weighted by Crippen LogP contribution is -2.48. The Hall–Kier alpha value is -2.96. The number of fused-ring (bicyclic) bond motifs is 1. The van der Waals surface area contributed by atoms with Gasteiger partial charge in [-0.3, -0.25) is 9.69 Å². The van der Waals surface area contributed by atoms with Gasteiger partial charge in [0, 0.05) is 54.5 Å². The van der Waals surface area contributed by atoms with Gasteiger partial charge in [-0.2, -0.15) is 0 Å². The van der Waals surface area contributed by atoms with Crippen molar-refractivity contribution in [2.75, 3.05) is 26.2 Å². The minimum absolute atomic E-state index is 0.133. The maximum atomic E-state index is 13.0. The summed E-state index contributed by atoms with van der Waals surface area (Å²) in [7, 11) is 0. The average molecular weight is 489 g/mol. The first-order chi connectivity index (χ1) is 15.6. The highest BCUT2D eigenvalue weighted by Gasteiger charge is 2.25. The number of nitrogens with zero attached hydrogens (tertiary/aromatic N) is 4. The number of rotatable bonds is 4. The monoisotopic (exact) mass is 488 g/mol. The zero-order valence-corrected chi connectivity index (χ0v) is 19.6. The highest BCUT2D eigenvalue weighted by atomic mass is 79.9. The van der Waals surface area contributed by atoms with Crippen LogP contribution in [0.4, 0.5) is 0 Å². The molecule has 32 heavy (non-hydrogen) atoms. The van der Waals surface area contributed by atoms with E-state index in [1.54, 1.807) is 0 Å². The van der Waals surface area contributed by atoms with Gasteiger partial charge in [-0.15, -0.1) is 0 Å². The molecule has 3 heterocycles. The third-order valence-electron chi connectivity index (χ3n) is 6.15. The summed E-state index contributed by atoms with van der Waals surface area (Å²) in [6.07, 6.45) is 2.08. The molecule has 0 saturated carbocycles. The lowest BCUT2D eigenvalue weighted by Gasteiger charge is -2.35. The summed E-state index contributed by atoms with van der Waals surface area (Å²) in [5, 5.41) is 0. The first-order valence-electron chi connectivity index (χ1n) is 10.9. The second kappa shape index (κ2) is 8.88. The maximum absolute atomic E-state index is 13.0. The Labute approximate surface area is 196 Å². The first-order valence-corrected chi connectivity index (χ1v) is 11.7. The molecule has 5 rings (SSSR count). The fourth-order valence-corrected chi connectivity index (χ4v) is 4.60. The summed E-state index contributed by atoms with van der Waals surface area (Å²) < 4.78 is 3.24. The van der Waals surface area contributed by atoms with E-state index in [9.17, 15) is 4.79 Å². The quantitative estimate of drug-likeness (QED) is 0.404. The van der Waals surface area contributed by atoms with E-state index in [1.807, 2.05) is 54.3 Å². The molecule has 1 aliphatic heterocycles. The number of aryl methyl sites for hydroxylation is 1. The molecule has 1 aliphatic rings. The van der Waals surface area contributed by atoms with Crippen LogP contribution < -0.4 is 0 Å². The average Bonchev–Trinajstić information content (AvgIpc) is 3.18. The molecule has 0 spiro atoms.